The minimum Gasteiger partial charge on any atom is -0.481 e. The van der Waals surface area contributed by atoms with Gasteiger partial charge in [-0.2, -0.15) is 0 Å². The molecule has 7 heteroatoms. The molecule has 0 aromatic carbocycles. The Morgan fingerprint density at radius 2 is 1.87 bits per heavy atom. The van der Waals surface area contributed by atoms with Crippen LogP contribution in [0.1, 0.15) is 51.9 Å². The van der Waals surface area contributed by atoms with Crippen molar-refractivity contribution in [3.8, 4) is 0 Å². The summed E-state index contributed by atoms with van der Waals surface area (Å²) in [5, 5.41) is 21.3. The largest absolute Gasteiger partial charge is 0.481 e. The van der Waals surface area contributed by atoms with Gasteiger partial charge in [-0.15, -0.1) is 0 Å². The zero-order valence-electron chi connectivity index (χ0n) is 13.8. The molecule has 1 aliphatic rings. The van der Waals surface area contributed by atoms with Crippen LogP contribution < -0.4 is 5.32 Å². The number of unbranched alkanes of at least 4 members (excludes halogenated alkanes) is 4. The van der Waals surface area contributed by atoms with Crippen molar-refractivity contribution in [2.24, 2.45) is 5.92 Å². The molecule has 0 unspecified atom stereocenters. The first-order valence-corrected chi connectivity index (χ1v) is 8.43. The van der Waals surface area contributed by atoms with Crippen LogP contribution in [-0.4, -0.2) is 58.6 Å². The minimum atomic E-state index is -1.12. The number of aliphatic carboxylic acids is 1. The molecule has 3 N–H and O–H groups in total. The third kappa shape index (κ3) is 6.56. The second kappa shape index (κ2) is 10.2. The highest BCUT2D eigenvalue weighted by Gasteiger charge is 2.36. The van der Waals surface area contributed by atoms with E-state index in [1.165, 1.54) is 0 Å². The molecule has 0 aromatic rings. The van der Waals surface area contributed by atoms with E-state index < -0.39 is 24.0 Å². The van der Waals surface area contributed by atoms with Gasteiger partial charge in [0, 0.05) is 25.6 Å². The SMILES string of the molecule is CCCCCCC[C@H](CC(=O)O)C(=O)[C@@H]1CNCCN1C(=O)O. The summed E-state index contributed by atoms with van der Waals surface area (Å²) in [6.45, 7) is 3.14. The molecule has 1 fully saturated rings. The van der Waals surface area contributed by atoms with Gasteiger partial charge in [-0.1, -0.05) is 39.0 Å². The molecule has 132 valence electrons. The number of amides is 1. The number of hydrogen-bond donors (Lipinski definition) is 3. The van der Waals surface area contributed by atoms with E-state index in [2.05, 4.69) is 12.2 Å². The van der Waals surface area contributed by atoms with Crippen LogP contribution in [0, 0.1) is 5.92 Å². The van der Waals surface area contributed by atoms with Crippen molar-refractivity contribution >= 4 is 17.8 Å². The molecule has 0 aliphatic carbocycles. The summed E-state index contributed by atoms with van der Waals surface area (Å²) >= 11 is 0. The van der Waals surface area contributed by atoms with Crippen LogP contribution in [0.2, 0.25) is 0 Å². The summed E-state index contributed by atoms with van der Waals surface area (Å²) in [7, 11) is 0. The molecule has 0 bridgehead atoms. The number of Topliss-reactive ketones (excluding diaryl/α,β-unsaturated/α-hetero) is 1. The van der Waals surface area contributed by atoms with Gasteiger partial charge in [0.15, 0.2) is 5.78 Å². The van der Waals surface area contributed by atoms with E-state index in [9.17, 15) is 19.5 Å². The van der Waals surface area contributed by atoms with Crippen molar-refractivity contribution in [1.29, 1.82) is 0 Å². The number of hydrogen-bond acceptors (Lipinski definition) is 4. The Bertz CT molecular complexity index is 413. The summed E-state index contributed by atoms with van der Waals surface area (Å²) in [6.07, 6.45) is 4.28. The highest BCUT2D eigenvalue weighted by atomic mass is 16.4. The number of rotatable bonds is 10. The van der Waals surface area contributed by atoms with Crippen LogP contribution >= 0.6 is 0 Å². The number of carboxylic acid groups (broad SMARTS) is 2. The van der Waals surface area contributed by atoms with Crippen LogP contribution in [0.3, 0.4) is 0 Å². The van der Waals surface area contributed by atoms with E-state index >= 15 is 0 Å². The fraction of sp³-hybridized carbons (Fsp3) is 0.812. The van der Waals surface area contributed by atoms with E-state index in [-0.39, 0.29) is 25.3 Å². The third-order valence-corrected chi connectivity index (χ3v) is 4.30. The number of carbonyl (C=O) groups excluding carboxylic acids is 1. The number of carboxylic acids is 1. The maximum absolute atomic E-state index is 12.7. The molecule has 0 spiro atoms. The topological polar surface area (TPSA) is 107 Å². The number of carbonyl (C=O) groups is 3. The summed E-state index contributed by atoms with van der Waals surface area (Å²) in [5.41, 5.74) is 0. The first-order valence-electron chi connectivity index (χ1n) is 8.43. The molecule has 1 amide bonds. The predicted octanol–water partition coefficient (Wildman–Crippen LogP) is 1.96. The smallest absolute Gasteiger partial charge is 0.408 e. The summed E-state index contributed by atoms with van der Waals surface area (Å²) in [5.74, 6) is -1.89. The van der Waals surface area contributed by atoms with Crippen molar-refractivity contribution in [1.82, 2.24) is 10.2 Å². The molecule has 0 aromatic heterocycles. The van der Waals surface area contributed by atoms with Crippen LogP contribution in [0.15, 0.2) is 0 Å². The zero-order chi connectivity index (χ0) is 17.2. The van der Waals surface area contributed by atoms with E-state index in [0.717, 1.165) is 37.0 Å². The molecule has 0 saturated carbocycles. The van der Waals surface area contributed by atoms with Gasteiger partial charge in [0.1, 0.15) is 6.04 Å². The minimum absolute atomic E-state index is 0.226. The first kappa shape index (κ1) is 19.4. The van der Waals surface area contributed by atoms with E-state index in [1.807, 2.05) is 0 Å². The molecule has 1 heterocycles. The standard InChI is InChI=1S/C16H28N2O5/c1-2-3-4-5-6-7-12(10-14(19)20)15(21)13-11-17-8-9-18(13)16(22)23/h12-13,17H,2-11H2,1H3,(H,19,20)(H,22,23)/t12-,13+/m1/s1. The highest BCUT2D eigenvalue weighted by Crippen LogP contribution is 2.20. The quantitative estimate of drug-likeness (QED) is 0.529. The fourth-order valence-corrected chi connectivity index (χ4v) is 3.01. The Hall–Kier alpha value is -1.63. The molecule has 1 rings (SSSR count). The van der Waals surface area contributed by atoms with E-state index in [4.69, 9.17) is 5.11 Å². The zero-order valence-corrected chi connectivity index (χ0v) is 13.8. The van der Waals surface area contributed by atoms with Crippen molar-refractivity contribution in [3.63, 3.8) is 0 Å². The summed E-state index contributed by atoms with van der Waals surface area (Å²) in [6, 6.07) is -0.777. The van der Waals surface area contributed by atoms with Crippen LogP contribution in [0.4, 0.5) is 4.79 Å². The lowest BCUT2D eigenvalue weighted by molar-refractivity contribution is -0.142. The van der Waals surface area contributed by atoms with E-state index in [0.29, 0.717) is 13.0 Å². The first-order chi connectivity index (χ1) is 11.0. The van der Waals surface area contributed by atoms with Crippen LogP contribution in [0.5, 0.6) is 0 Å². The molecule has 23 heavy (non-hydrogen) atoms. The van der Waals surface area contributed by atoms with Gasteiger partial charge in [-0.05, 0) is 6.42 Å². The number of nitrogens with zero attached hydrogens (tertiary/aromatic N) is 1. The number of piperazine rings is 1. The van der Waals surface area contributed by atoms with Crippen molar-refractivity contribution < 1.29 is 24.6 Å². The van der Waals surface area contributed by atoms with Crippen molar-refractivity contribution in [2.45, 2.75) is 57.9 Å². The van der Waals surface area contributed by atoms with Gasteiger partial charge in [-0.25, -0.2) is 4.79 Å². The summed E-state index contributed by atoms with van der Waals surface area (Å²) in [4.78, 5) is 36.1. The molecule has 0 radical (unpaired) electrons. The Morgan fingerprint density at radius 1 is 1.17 bits per heavy atom. The average molecular weight is 328 g/mol. The second-order valence-electron chi connectivity index (χ2n) is 6.10. The Kier molecular flexibility index (Phi) is 8.61. The molecular weight excluding hydrogens is 300 g/mol. The van der Waals surface area contributed by atoms with Gasteiger partial charge in [0.25, 0.3) is 0 Å². The van der Waals surface area contributed by atoms with Crippen molar-refractivity contribution in [3.05, 3.63) is 0 Å². The Balaban J connectivity index is 2.65. The Morgan fingerprint density at radius 3 is 2.48 bits per heavy atom. The van der Waals surface area contributed by atoms with Gasteiger partial charge in [0.05, 0.1) is 6.42 Å². The maximum atomic E-state index is 12.7. The monoisotopic (exact) mass is 328 g/mol. The number of nitrogens with one attached hydrogen (secondary N) is 1. The predicted molar refractivity (Wildman–Crippen MR) is 85.5 cm³/mol. The molecule has 1 aliphatic heterocycles. The van der Waals surface area contributed by atoms with Crippen LogP contribution in [0.25, 0.3) is 0 Å². The third-order valence-electron chi connectivity index (χ3n) is 4.30. The molecular formula is C16H28N2O5. The number of ketones is 1. The molecule has 1 saturated heterocycles. The average Bonchev–Trinajstić information content (AvgIpc) is 2.52. The maximum Gasteiger partial charge on any atom is 0.408 e. The lowest BCUT2D eigenvalue weighted by atomic mass is 9.88. The van der Waals surface area contributed by atoms with Gasteiger partial charge < -0.3 is 15.5 Å². The Labute approximate surface area is 137 Å². The normalized spacial score (nSPS) is 19.3. The van der Waals surface area contributed by atoms with Gasteiger partial charge in [0.2, 0.25) is 0 Å². The van der Waals surface area contributed by atoms with Gasteiger partial charge in [-0.3, -0.25) is 14.5 Å². The molecule has 2 atom stereocenters. The highest BCUT2D eigenvalue weighted by molar-refractivity contribution is 5.91. The summed E-state index contributed by atoms with van der Waals surface area (Å²) < 4.78 is 0. The van der Waals surface area contributed by atoms with Crippen LogP contribution in [-0.2, 0) is 9.59 Å². The lowest BCUT2D eigenvalue weighted by Gasteiger charge is -2.34. The fourth-order valence-electron chi connectivity index (χ4n) is 3.01. The second-order valence-corrected chi connectivity index (χ2v) is 6.10. The lowest BCUT2D eigenvalue weighted by Crippen LogP contribution is -2.58. The van der Waals surface area contributed by atoms with E-state index in [1.54, 1.807) is 0 Å². The van der Waals surface area contributed by atoms with Crippen molar-refractivity contribution in [2.75, 3.05) is 19.6 Å². The van der Waals surface area contributed by atoms with Gasteiger partial charge >= 0.3 is 12.1 Å². The molecule has 7 nitrogen and oxygen atoms in total.